The van der Waals surface area contributed by atoms with Crippen LogP contribution in [0.3, 0.4) is 0 Å². The first kappa shape index (κ1) is 5.54. The van der Waals surface area contributed by atoms with Crippen molar-refractivity contribution in [2.75, 3.05) is 0 Å². The molecule has 0 bridgehead atoms. The third kappa shape index (κ3) is 0.971. The molecule has 0 aliphatic carbocycles. The number of hydrogen-bond acceptors (Lipinski definition) is 1. The van der Waals surface area contributed by atoms with E-state index in [0.717, 1.165) is 6.42 Å². The molecule has 1 rings (SSSR count). The molecule has 1 heteroatoms. The summed E-state index contributed by atoms with van der Waals surface area (Å²) in [6.07, 6.45) is 5.04. The first-order chi connectivity index (χ1) is 3.80. The van der Waals surface area contributed by atoms with Gasteiger partial charge in [0, 0.05) is 18.3 Å². The van der Waals surface area contributed by atoms with Gasteiger partial charge in [0.1, 0.15) is 0 Å². The zero-order valence-electron chi connectivity index (χ0n) is 5.39. The summed E-state index contributed by atoms with van der Waals surface area (Å²) < 4.78 is 0. The summed E-state index contributed by atoms with van der Waals surface area (Å²) in [7, 11) is 0. The van der Waals surface area contributed by atoms with Crippen LogP contribution in [0.25, 0.3) is 0 Å². The predicted molar refractivity (Wildman–Crippen MR) is 36.0 cm³/mol. The van der Waals surface area contributed by atoms with Crippen LogP contribution in [0.5, 0.6) is 0 Å². The second kappa shape index (κ2) is 2.12. The molecule has 1 nitrogen and oxygen atoms in total. The van der Waals surface area contributed by atoms with Crippen molar-refractivity contribution in [2.24, 2.45) is 10.9 Å². The van der Waals surface area contributed by atoms with E-state index < -0.39 is 0 Å². The summed E-state index contributed by atoms with van der Waals surface area (Å²) in [5.74, 6) is 0.630. The molecule has 0 aromatic carbocycles. The highest BCUT2D eigenvalue weighted by Gasteiger charge is 2.04. The monoisotopic (exact) mass is 109 g/mol. The van der Waals surface area contributed by atoms with E-state index in [9.17, 15) is 0 Å². The van der Waals surface area contributed by atoms with Crippen LogP contribution in [-0.4, -0.2) is 5.71 Å². The van der Waals surface area contributed by atoms with E-state index in [4.69, 9.17) is 0 Å². The van der Waals surface area contributed by atoms with Crippen molar-refractivity contribution in [1.82, 2.24) is 0 Å². The van der Waals surface area contributed by atoms with Gasteiger partial charge in [-0.05, 0) is 5.92 Å². The normalized spacial score (nSPS) is 17.6. The molecule has 0 atom stereocenters. The highest BCUT2D eigenvalue weighted by molar-refractivity contribution is 5.89. The van der Waals surface area contributed by atoms with Crippen LogP contribution >= 0.6 is 0 Å². The van der Waals surface area contributed by atoms with Gasteiger partial charge in [0.15, 0.2) is 0 Å². The van der Waals surface area contributed by atoms with Crippen molar-refractivity contribution >= 4 is 5.71 Å². The summed E-state index contributed by atoms with van der Waals surface area (Å²) in [6, 6.07) is 0. The van der Waals surface area contributed by atoms with Crippen molar-refractivity contribution in [3.05, 3.63) is 12.3 Å². The minimum atomic E-state index is 0.630. The lowest BCUT2D eigenvalue weighted by molar-refractivity contribution is 0.872. The second-order valence-electron chi connectivity index (χ2n) is 2.36. The van der Waals surface area contributed by atoms with E-state index in [-0.39, 0.29) is 0 Å². The molecule has 8 heavy (non-hydrogen) atoms. The Labute approximate surface area is 50.1 Å². The molecule has 1 heterocycles. The van der Waals surface area contributed by atoms with Gasteiger partial charge in [-0.15, -0.1) is 0 Å². The van der Waals surface area contributed by atoms with Gasteiger partial charge < -0.3 is 0 Å². The van der Waals surface area contributed by atoms with Crippen molar-refractivity contribution in [1.29, 1.82) is 0 Å². The third-order valence-electron chi connectivity index (χ3n) is 1.34. The quantitative estimate of drug-likeness (QED) is 0.488. The lowest BCUT2D eigenvalue weighted by Crippen LogP contribution is -2.02. The van der Waals surface area contributed by atoms with Crippen LogP contribution in [0.1, 0.15) is 20.3 Å². The highest BCUT2D eigenvalue weighted by atomic mass is 14.7. The van der Waals surface area contributed by atoms with Gasteiger partial charge in [-0.25, -0.2) is 0 Å². The van der Waals surface area contributed by atoms with Crippen molar-refractivity contribution < 1.29 is 0 Å². The molecule has 1 aliphatic rings. The molecule has 0 radical (unpaired) electrons. The lowest BCUT2D eigenvalue weighted by atomic mass is 10.1. The van der Waals surface area contributed by atoms with Crippen LogP contribution in [0.4, 0.5) is 0 Å². The molecule has 0 aromatic rings. The van der Waals surface area contributed by atoms with Crippen molar-refractivity contribution in [2.45, 2.75) is 20.3 Å². The predicted octanol–water partition coefficient (Wildman–Crippen LogP) is 2.00. The van der Waals surface area contributed by atoms with Crippen LogP contribution in [0.2, 0.25) is 0 Å². The largest absolute Gasteiger partial charge is 0.265 e. The van der Waals surface area contributed by atoms with E-state index >= 15 is 0 Å². The second-order valence-corrected chi connectivity index (χ2v) is 2.36. The molecule has 0 amide bonds. The third-order valence-corrected chi connectivity index (χ3v) is 1.34. The molecular formula is C7H11N. The number of rotatable bonds is 1. The molecule has 1 aliphatic heterocycles. The molecule has 0 spiro atoms. The van der Waals surface area contributed by atoms with E-state index in [0.29, 0.717) is 5.92 Å². The van der Waals surface area contributed by atoms with Crippen molar-refractivity contribution in [3.63, 3.8) is 0 Å². The van der Waals surface area contributed by atoms with Crippen LogP contribution in [-0.2, 0) is 0 Å². The average molecular weight is 109 g/mol. The first-order valence-electron chi connectivity index (χ1n) is 3.02. The fraction of sp³-hybridized carbons (Fsp3) is 0.571. The fourth-order valence-electron chi connectivity index (χ4n) is 0.759. The fourth-order valence-corrected chi connectivity index (χ4v) is 0.759. The van der Waals surface area contributed by atoms with E-state index in [1.807, 2.05) is 6.20 Å². The van der Waals surface area contributed by atoms with Gasteiger partial charge in [-0.2, -0.15) is 0 Å². The van der Waals surface area contributed by atoms with Crippen LogP contribution < -0.4 is 0 Å². The molecule has 0 unspecified atom stereocenters. The highest BCUT2D eigenvalue weighted by Crippen LogP contribution is 2.07. The van der Waals surface area contributed by atoms with Gasteiger partial charge in [0.2, 0.25) is 0 Å². The zero-order chi connectivity index (χ0) is 5.98. The van der Waals surface area contributed by atoms with Gasteiger partial charge in [-0.1, -0.05) is 19.9 Å². The SMILES string of the molecule is CC(C)C1=NC=CC1. The van der Waals surface area contributed by atoms with Gasteiger partial charge in [-0.3, -0.25) is 4.99 Å². The number of hydrogen-bond donors (Lipinski definition) is 0. The summed E-state index contributed by atoms with van der Waals surface area (Å²) in [4.78, 5) is 4.17. The van der Waals surface area contributed by atoms with Gasteiger partial charge in [0.25, 0.3) is 0 Å². The summed E-state index contributed by atoms with van der Waals surface area (Å²) in [6.45, 7) is 4.34. The van der Waals surface area contributed by atoms with Crippen LogP contribution in [0, 0.1) is 5.92 Å². The Hall–Kier alpha value is -0.590. The maximum Gasteiger partial charge on any atom is 0.0242 e. The topological polar surface area (TPSA) is 12.4 Å². The lowest BCUT2D eigenvalue weighted by Gasteiger charge is -2.00. The number of aliphatic imine (C=N–C) groups is 1. The first-order valence-corrected chi connectivity index (χ1v) is 3.02. The van der Waals surface area contributed by atoms with Gasteiger partial charge >= 0.3 is 0 Å². The average Bonchev–Trinajstić information content (AvgIpc) is 2.12. The summed E-state index contributed by atoms with van der Waals surface area (Å²) >= 11 is 0. The molecule has 0 aromatic heterocycles. The smallest absolute Gasteiger partial charge is 0.0242 e. The minimum Gasteiger partial charge on any atom is -0.265 e. The Morgan fingerprint density at radius 2 is 2.38 bits per heavy atom. The molecule has 44 valence electrons. The van der Waals surface area contributed by atoms with E-state index in [2.05, 4.69) is 24.9 Å². The standard InChI is InChI=1S/C7H11N/c1-6(2)7-4-3-5-8-7/h3,5-6H,4H2,1-2H3. The molecule has 0 fully saturated rings. The summed E-state index contributed by atoms with van der Waals surface area (Å²) in [5.41, 5.74) is 1.31. The number of allylic oxidation sites excluding steroid dienone is 1. The maximum absolute atomic E-state index is 4.17. The minimum absolute atomic E-state index is 0.630. The van der Waals surface area contributed by atoms with Gasteiger partial charge in [0.05, 0.1) is 0 Å². The van der Waals surface area contributed by atoms with Crippen LogP contribution in [0.15, 0.2) is 17.3 Å². The Morgan fingerprint density at radius 1 is 1.62 bits per heavy atom. The molecular weight excluding hydrogens is 98.1 g/mol. The Bertz CT molecular complexity index is 131. The van der Waals surface area contributed by atoms with Crippen molar-refractivity contribution in [3.8, 4) is 0 Å². The Balaban J connectivity index is 2.51. The number of nitrogens with zero attached hydrogens (tertiary/aromatic N) is 1. The Morgan fingerprint density at radius 3 is 2.62 bits per heavy atom. The zero-order valence-corrected chi connectivity index (χ0v) is 5.39. The van der Waals surface area contributed by atoms with E-state index in [1.54, 1.807) is 0 Å². The van der Waals surface area contributed by atoms with E-state index in [1.165, 1.54) is 5.71 Å². The maximum atomic E-state index is 4.17. The molecule has 0 saturated carbocycles. The Kier molecular flexibility index (Phi) is 1.47. The molecule has 0 saturated heterocycles. The summed E-state index contributed by atoms with van der Waals surface area (Å²) in [5, 5.41) is 0. The molecule has 0 N–H and O–H groups in total.